The number of hydrogen-bond acceptors (Lipinski definition) is 5. The summed E-state index contributed by atoms with van der Waals surface area (Å²) >= 11 is 0. The molecule has 0 spiro atoms. The summed E-state index contributed by atoms with van der Waals surface area (Å²) < 4.78 is 0. The highest BCUT2D eigenvalue weighted by Gasteiger charge is 2.09. The zero-order valence-electron chi connectivity index (χ0n) is 15.1. The Balaban J connectivity index is 1.84. The maximum atomic E-state index is 4.66. The molecule has 128 valence electrons. The first kappa shape index (κ1) is 16.8. The Labute approximate surface area is 149 Å². The molecule has 0 fully saturated rings. The van der Waals surface area contributed by atoms with Crippen molar-refractivity contribution in [3.05, 3.63) is 66.4 Å². The first-order chi connectivity index (χ1) is 12.0. The van der Waals surface area contributed by atoms with Gasteiger partial charge in [0, 0.05) is 50.0 Å². The van der Waals surface area contributed by atoms with Crippen LogP contribution >= 0.6 is 0 Å². The topological polar surface area (TPSA) is 44.3 Å². The quantitative estimate of drug-likeness (QED) is 0.751. The predicted molar refractivity (Wildman–Crippen MR) is 105 cm³/mol. The second-order valence-corrected chi connectivity index (χ2v) is 6.15. The number of aromatic nitrogens is 2. The minimum absolute atomic E-state index is 0.593. The van der Waals surface area contributed by atoms with Crippen molar-refractivity contribution in [2.75, 3.05) is 36.3 Å². The van der Waals surface area contributed by atoms with Gasteiger partial charge in [0.1, 0.15) is 5.82 Å². The molecule has 1 N–H and O–H groups in total. The standard InChI is InChI=1S/C20H23N5/c1-15-14-19(25(4)18-8-6-5-7-9-18)23-20(21-15)22-16-10-12-17(13-11-16)24(2)3/h5-14H,1-4H3,(H,21,22,23). The van der Waals surface area contributed by atoms with Crippen LogP contribution in [0, 0.1) is 6.92 Å². The van der Waals surface area contributed by atoms with Gasteiger partial charge in [-0.1, -0.05) is 18.2 Å². The monoisotopic (exact) mass is 333 g/mol. The van der Waals surface area contributed by atoms with Crippen molar-refractivity contribution >= 4 is 28.8 Å². The van der Waals surface area contributed by atoms with Crippen molar-refractivity contribution in [3.63, 3.8) is 0 Å². The van der Waals surface area contributed by atoms with Crippen LogP contribution in [0.25, 0.3) is 0 Å². The molecule has 1 aromatic heterocycles. The fourth-order valence-electron chi connectivity index (χ4n) is 2.54. The smallest absolute Gasteiger partial charge is 0.229 e. The number of rotatable bonds is 5. The van der Waals surface area contributed by atoms with E-state index in [-0.39, 0.29) is 0 Å². The highest BCUT2D eigenvalue weighted by Crippen LogP contribution is 2.24. The first-order valence-electron chi connectivity index (χ1n) is 8.22. The molecule has 25 heavy (non-hydrogen) atoms. The average molecular weight is 333 g/mol. The Morgan fingerprint density at radius 1 is 0.800 bits per heavy atom. The van der Waals surface area contributed by atoms with Gasteiger partial charge in [-0.15, -0.1) is 0 Å². The lowest BCUT2D eigenvalue weighted by Gasteiger charge is -2.19. The first-order valence-corrected chi connectivity index (χ1v) is 8.22. The van der Waals surface area contributed by atoms with Crippen molar-refractivity contribution in [2.45, 2.75) is 6.92 Å². The molecule has 0 aliphatic rings. The van der Waals surface area contributed by atoms with Gasteiger partial charge in [0.05, 0.1) is 0 Å². The van der Waals surface area contributed by atoms with Crippen molar-refractivity contribution in [2.24, 2.45) is 0 Å². The molecule has 0 aliphatic carbocycles. The van der Waals surface area contributed by atoms with E-state index in [1.165, 1.54) is 0 Å². The molecule has 0 saturated heterocycles. The number of para-hydroxylation sites is 1. The van der Waals surface area contributed by atoms with Crippen LogP contribution in [0.2, 0.25) is 0 Å². The summed E-state index contributed by atoms with van der Waals surface area (Å²) in [6.45, 7) is 1.98. The molecule has 0 atom stereocenters. The van der Waals surface area contributed by atoms with E-state index in [1.807, 2.05) is 64.5 Å². The molecule has 2 aromatic carbocycles. The van der Waals surface area contributed by atoms with Crippen LogP contribution in [-0.2, 0) is 0 Å². The average Bonchev–Trinajstić information content (AvgIpc) is 2.62. The van der Waals surface area contributed by atoms with E-state index in [0.717, 1.165) is 28.6 Å². The number of hydrogen-bond donors (Lipinski definition) is 1. The fraction of sp³-hybridized carbons (Fsp3) is 0.200. The van der Waals surface area contributed by atoms with Gasteiger partial charge in [0.15, 0.2) is 0 Å². The van der Waals surface area contributed by atoms with Crippen LogP contribution in [0.4, 0.5) is 28.8 Å². The number of nitrogens with zero attached hydrogens (tertiary/aromatic N) is 4. The molecule has 1 heterocycles. The maximum Gasteiger partial charge on any atom is 0.229 e. The molecule has 0 bridgehead atoms. The van der Waals surface area contributed by atoms with E-state index >= 15 is 0 Å². The summed E-state index contributed by atoms with van der Waals surface area (Å²) in [5.41, 5.74) is 4.12. The van der Waals surface area contributed by atoms with Crippen LogP contribution in [-0.4, -0.2) is 31.1 Å². The SMILES string of the molecule is Cc1cc(N(C)c2ccccc2)nc(Nc2ccc(N(C)C)cc2)n1. The summed E-state index contributed by atoms with van der Waals surface area (Å²) in [6, 6.07) is 20.3. The summed E-state index contributed by atoms with van der Waals surface area (Å²) in [5.74, 6) is 1.45. The zero-order chi connectivity index (χ0) is 17.8. The Morgan fingerprint density at radius 2 is 1.48 bits per heavy atom. The van der Waals surface area contributed by atoms with Gasteiger partial charge in [-0.25, -0.2) is 4.98 Å². The van der Waals surface area contributed by atoms with E-state index in [9.17, 15) is 0 Å². The van der Waals surface area contributed by atoms with Crippen molar-refractivity contribution in [1.82, 2.24) is 9.97 Å². The summed E-state index contributed by atoms with van der Waals surface area (Å²) in [4.78, 5) is 13.3. The molecule has 5 nitrogen and oxygen atoms in total. The Hall–Kier alpha value is -3.08. The number of anilines is 5. The predicted octanol–water partition coefficient (Wildman–Crippen LogP) is 4.36. The summed E-state index contributed by atoms with van der Waals surface area (Å²) in [7, 11) is 6.06. The second-order valence-electron chi connectivity index (χ2n) is 6.15. The fourth-order valence-corrected chi connectivity index (χ4v) is 2.54. The Morgan fingerprint density at radius 3 is 2.12 bits per heavy atom. The minimum Gasteiger partial charge on any atom is -0.378 e. The molecule has 3 aromatic rings. The number of nitrogens with one attached hydrogen (secondary N) is 1. The second kappa shape index (κ2) is 7.21. The molecule has 5 heteroatoms. The van der Waals surface area contributed by atoms with Gasteiger partial charge in [-0.05, 0) is 43.3 Å². The highest BCUT2D eigenvalue weighted by atomic mass is 15.2. The van der Waals surface area contributed by atoms with E-state index < -0.39 is 0 Å². The zero-order valence-corrected chi connectivity index (χ0v) is 15.1. The third kappa shape index (κ3) is 4.07. The highest BCUT2D eigenvalue weighted by molar-refractivity contribution is 5.63. The van der Waals surface area contributed by atoms with Gasteiger partial charge in [-0.2, -0.15) is 4.98 Å². The largest absolute Gasteiger partial charge is 0.378 e. The van der Waals surface area contributed by atoms with Gasteiger partial charge in [-0.3, -0.25) is 0 Å². The molecular formula is C20H23N5. The van der Waals surface area contributed by atoms with Gasteiger partial charge >= 0.3 is 0 Å². The van der Waals surface area contributed by atoms with Crippen molar-refractivity contribution in [3.8, 4) is 0 Å². The third-order valence-corrected chi connectivity index (χ3v) is 3.97. The molecular weight excluding hydrogens is 310 g/mol. The number of aryl methyl sites for hydroxylation is 1. The molecule has 0 aliphatic heterocycles. The maximum absolute atomic E-state index is 4.66. The van der Waals surface area contributed by atoms with Gasteiger partial charge in [0.2, 0.25) is 5.95 Å². The Bertz CT molecular complexity index is 828. The molecule has 0 saturated carbocycles. The minimum atomic E-state index is 0.593. The van der Waals surface area contributed by atoms with Crippen LogP contribution < -0.4 is 15.1 Å². The number of benzene rings is 2. The van der Waals surface area contributed by atoms with E-state index in [2.05, 4.69) is 49.4 Å². The summed E-state index contributed by atoms with van der Waals surface area (Å²) in [6.07, 6.45) is 0. The van der Waals surface area contributed by atoms with E-state index in [4.69, 9.17) is 0 Å². The summed E-state index contributed by atoms with van der Waals surface area (Å²) in [5, 5.41) is 3.29. The normalized spacial score (nSPS) is 10.4. The molecule has 0 amide bonds. The van der Waals surface area contributed by atoms with E-state index in [1.54, 1.807) is 0 Å². The van der Waals surface area contributed by atoms with Crippen LogP contribution in [0.5, 0.6) is 0 Å². The lowest BCUT2D eigenvalue weighted by Crippen LogP contribution is -2.13. The van der Waals surface area contributed by atoms with Crippen LogP contribution in [0.1, 0.15) is 5.69 Å². The van der Waals surface area contributed by atoms with Crippen molar-refractivity contribution in [1.29, 1.82) is 0 Å². The van der Waals surface area contributed by atoms with Crippen molar-refractivity contribution < 1.29 is 0 Å². The lowest BCUT2D eigenvalue weighted by molar-refractivity contribution is 1.05. The van der Waals surface area contributed by atoms with Crippen LogP contribution in [0.15, 0.2) is 60.7 Å². The Kier molecular flexibility index (Phi) is 4.84. The molecule has 0 radical (unpaired) electrons. The lowest BCUT2D eigenvalue weighted by atomic mass is 10.2. The van der Waals surface area contributed by atoms with Gasteiger partial charge in [0.25, 0.3) is 0 Å². The molecule has 0 unspecified atom stereocenters. The third-order valence-electron chi connectivity index (χ3n) is 3.97. The van der Waals surface area contributed by atoms with Gasteiger partial charge < -0.3 is 15.1 Å². The molecule has 3 rings (SSSR count). The van der Waals surface area contributed by atoms with Crippen LogP contribution in [0.3, 0.4) is 0 Å². The van der Waals surface area contributed by atoms with E-state index in [0.29, 0.717) is 5.95 Å².